The van der Waals surface area contributed by atoms with E-state index in [0.717, 1.165) is 9.87 Å². The lowest BCUT2D eigenvalue weighted by Crippen LogP contribution is -2.67. The molecule has 104 valence electrons. The second-order valence-corrected chi connectivity index (χ2v) is 8.17. The van der Waals surface area contributed by atoms with Crippen LogP contribution in [0.5, 0.6) is 0 Å². The van der Waals surface area contributed by atoms with Crippen LogP contribution in [0, 0.1) is 0 Å². The maximum absolute atomic E-state index is 12.1. The van der Waals surface area contributed by atoms with Gasteiger partial charge in [-0.3, -0.25) is 4.79 Å². The summed E-state index contributed by atoms with van der Waals surface area (Å²) < 4.78 is 23.8. The first kappa shape index (κ1) is 14.5. The third-order valence-corrected chi connectivity index (χ3v) is 6.66. The lowest BCUT2D eigenvalue weighted by molar-refractivity contribution is -0.132. The number of carbonyl (C=O) groups is 1. The summed E-state index contributed by atoms with van der Waals surface area (Å²) in [6.45, 7) is 3.10. The van der Waals surface area contributed by atoms with E-state index in [-0.39, 0.29) is 18.4 Å². The Morgan fingerprint density at radius 3 is 2.32 bits per heavy atom. The van der Waals surface area contributed by atoms with Gasteiger partial charge in [0.15, 0.2) is 4.75 Å². The van der Waals surface area contributed by atoms with Crippen molar-refractivity contribution >= 4 is 31.9 Å². The molecule has 2 rings (SSSR count). The highest BCUT2D eigenvalue weighted by Crippen LogP contribution is 2.36. The minimum atomic E-state index is -3.50. The van der Waals surface area contributed by atoms with Gasteiger partial charge in [-0.05, 0) is 19.4 Å². The van der Waals surface area contributed by atoms with E-state index in [1.54, 1.807) is 0 Å². The van der Waals surface area contributed by atoms with Gasteiger partial charge in [0.2, 0.25) is 0 Å². The smallest absolute Gasteiger partial charge is 0.258 e. The summed E-state index contributed by atoms with van der Waals surface area (Å²) in [5.74, 6) is -0.356. The molecule has 1 aromatic carbocycles. The number of sulfonamides is 1. The van der Waals surface area contributed by atoms with Crippen LogP contribution in [-0.4, -0.2) is 35.3 Å². The van der Waals surface area contributed by atoms with Crippen LogP contribution in [0.15, 0.2) is 30.3 Å². The first-order valence-electron chi connectivity index (χ1n) is 6.00. The lowest BCUT2D eigenvalue weighted by Gasteiger charge is -2.44. The second kappa shape index (κ2) is 4.90. The Kier molecular flexibility index (Phi) is 3.75. The van der Waals surface area contributed by atoms with E-state index in [1.165, 1.54) is 13.8 Å². The van der Waals surface area contributed by atoms with Gasteiger partial charge < -0.3 is 0 Å². The number of rotatable bonds is 4. The van der Waals surface area contributed by atoms with Crippen LogP contribution in [0.1, 0.15) is 25.3 Å². The van der Waals surface area contributed by atoms with Gasteiger partial charge in [0.25, 0.3) is 15.9 Å². The van der Waals surface area contributed by atoms with Crippen LogP contribution < -0.4 is 0 Å². The first-order valence-corrected chi connectivity index (χ1v) is 8.56. The van der Waals surface area contributed by atoms with E-state index in [0.29, 0.717) is 5.33 Å². The van der Waals surface area contributed by atoms with Gasteiger partial charge in [-0.25, -0.2) is 12.7 Å². The number of hydrogen-bond donors (Lipinski definition) is 0. The van der Waals surface area contributed by atoms with Crippen molar-refractivity contribution in [3.8, 4) is 0 Å². The summed E-state index contributed by atoms with van der Waals surface area (Å²) in [6.07, 6.45) is 0. The van der Waals surface area contributed by atoms with E-state index in [1.807, 2.05) is 30.3 Å². The van der Waals surface area contributed by atoms with Crippen molar-refractivity contribution < 1.29 is 13.2 Å². The molecule has 1 saturated heterocycles. The average molecular weight is 346 g/mol. The van der Waals surface area contributed by atoms with E-state index in [4.69, 9.17) is 0 Å². The molecule has 1 amide bonds. The summed E-state index contributed by atoms with van der Waals surface area (Å²) in [5, 5.41) is 0.608. The molecule has 0 N–H and O–H groups in total. The highest BCUT2D eigenvalue weighted by Gasteiger charge is 2.60. The van der Waals surface area contributed by atoms with Crippen LogP contribution in [0.25, 0.3) is 0 Å². The van der Waals surface area contributed by atoms with Crippen molar-refractivity contribution in [2.75, 3.05) is 11.9 Å². The van der Waals surface area contributed by atoms with Crippen molar-refractivity contribution in [3.05, 3.63) is 35.9 Å². The Hall–Kier alpha value is -0.880. The fraction of sp³-hybridized carbons (Fsp3) is 0.462. The highest BCUT2D eigenvalue weighted by molar-refractivity contribution is 9.09. The number of alkyl halides is 1. The fourth-order valence-electron chi connectivity index (χ4n) is 2.11. The average Bonchev–Trinajstić information content (AvgIpc) is 2.39. The lowest BCUT2D eigenvalue weighted by atomic mass is 10.0. The van der Waals surface area contributed by atoms with Gasteiger partial charge in [0.05, 0.1) is 0 Å². The maximum atomic E-state index is 12.1. The van der Waals surface area contributed by atoms with E-state index in [9.17, 15) is 13.2 Å². The SMILES string of the molecule is CC1(C)C(=O)N(CC(CBr)c2ccccc2)S1(=O)=O. The molecule has 0 bridgehead atoms. The summed E-state index contributed by atoms with van der Waals surface area (Å²) >= 11 is 3.39. The second-order valence-electron chi connectivity index (χ2n) is 5.11. The molecule has 19 heavy (non-hydrogen) atoms. The monoisotopic (exact) mass is 345 g/mol. The van der Waals surface area contributed by atoms with Gasteiger partial charge in [-0.1, -0.05) is 46.3 Å². The van der Waals surface area contributed by atoms with E-state index in [2.05, 4.69) is 15.9 Å². The van der Waals surface area contributed by atoms with Gasteiger partial charge in [0.1, 0.15) is 0 Å². The molecule has 1 atom stereocenters. The maximum Gasteiger partial charge on any atom is 0.258 e. The van der Waals surface area contributed by atoms with Crippen LogP contribution in [0.2, 0.25) is 0 Å². The van der Waals surface area contributed by atoms with Crippen LogP contribution >= 0.6 is 15.9 Å². The molecule has 4 nitrogen and oxygen atoms in total. The van der Waals surface area contributed by atoms with Gasteiger partial charge in [0, 0.05) is 17.8 Å². The molecule has 0 aromatic heterocycles. The summed E-state index contributed by atoms with van der Waals surface area (Å²) in [4.78, 5) is 11.9. The third-order valence-electron chi connectivity index (χ3n) is 3.52. The van der Waals surface area contributed by atoms with E-state index >= 15 is 0 Å². The molecule has 6 heteroatoms. The van der Waals surface area contributed by atoms with Gasteiger partial charge >= 0.3 is 0 Å². The van der Waals surface area contributed by atoms with Crippen LogP contribution in [0.4, 0.5) is 0 Å². The van der Waals surface area contributed by atoms with Crippen LogP contribution in [-0.2, 0) is 14.8 Å². The molecule has 1 unspecified atom stereocenters. The number of nitrogens with zero attached hydrogens (tertiary/aromatic N) is 1. The van der Waals surface area contributed by atoms with Crippen molar-refractivity contribution in [1.29, 1.82) is 0 Å². The molecule has 0 radical (unpaired) electrons. The Bertz CT molecular complexity index is 583. The zero-order valence-electron chi connectivity index (χ0n) is 10.8. The molecule has 0 saturated carbocycles. The Labute approximate surface area is 122 Å². The minimum absolute atomic E-state index is 0.0315. The van der Waals surface area contributed by atoms with Crippen molar-refractivity contribution in [2.45, 2.75) is 24.5 Å². The number of benzene rings is 1. The number of amides is 1. The summed E-state index contributed by atoms with van der Waals surface area (Å²) in [5.41, 5.74) is 1.02. The molecular formula is C13H16BrNO3S. The zero-order valence-corrected chi connectivity index (χ0v) is 13.2. The molecule has 0 aliphatic carbocycles. The largest absolute Gasteiger partial charge is 0.272 e. The van der Waals surface area contributed by atoms with Crippen LogP contribution in [0.3, 0.4) is 0 Å². The quantitative estimate of drug-likeness (QED) is 0.785. The normalized spacial score (nSPS) is 21.8. The summed E-state index contributed by atoms with van der Waals surface area (Å²) in [7, 11) is -3.50. The predicted molar refractivity (Wildman–Crippen MR) is 77.7 cm³/mol. The van der Waals surface area contributed by atoms with Gasteiger partial charge in [-0.15, -0.1) is 0 Å². The number of hydrogen-bond acceptors (Lipinski definition) is 3. The number of halogens is 1. The standard InChI is InChI=1S/C13H16BrNO3S/c1-13(2)12(16)15(19(13,17)18)9-11(8-14)10-6-4-3-5-7-10/h3-7,11H,8-9H2,1-2H3. The Balaban J connectivity index is 2.20. The topological polar surface area (TPSA) is 54.5 Å². The third kappa shape index (κ3) is 2.21. The zero-order chi connectivity index (χ0) is 14.3. The fourth-order valence-corrected chi connectivity index (χ4v) is 4.26. The molecule has 0 spiro atoms. The highest BCUT2D eigenvalue weighted by atomic mass is 79.9. The Morgan fingerprint density at radius 1 is 1.26 bits per heavy atom. The molecule has 1 heterocycles. The molecule has 1 aromatic rings. The molecule has 1 aliphatic rings. The van der Waals surface area contributed by atoms with E-state index < -0.39 is 14.8 Å². The Morgan fingerprint density at radius 2 is 1.84 bits per heavy atom. The minimum Gasteiger partial charge on any atom is -0.272 e. The van der Waals surface area contributed by atoms with Crippen molar-refractivity contribution in [3.63, 3.8) is 0 Å². The first-order chi connectivity index (χ1) is 8.82. The van der Waals surface area contributed by atoms with Crippen molar-refractivity contribution in [1.82, 2.24) is 4.31 Å². The van der Waals surface area contributed by atoms with Gasteiger partial charge in [-0.2, -0.15) is 0 Å². The number of carbonyl (C=O) groups excluding carboxylic acids is 1. The molecular weight excluding hydrogens is 330 g/mol. The summed E-state index contributed by atoms with van der Waals surface area (Å²) in [6, 6.07) is 9.59. The predicted octanol–water partition coefficient (Wildman–Crippen LogP) is 2.12. The van der Waals surface area contributed by atoms with Crippen molar-refractivity contribution in [2.24, 2.45) is 0 Å². The molecule has 1 fully saturated rings. The molecule has 1 aliphatic heterocycles.